The number of rotatable bonds is 6. The van der Waals surface area contributed by atoms with E-state index in [1.807, 2.05) is 0 Å². The van der Waals surface area contributed by atoms with Crippen molar-refractivity contribution in [3.8, 4) is 5.75 Å². The molecule has 0 spiro atoms. The monoisotopic (exact) mass is 253 g/mol. The average molecular weight is 253 g/mol. The predicted molar refractivity (Wildman–Crippen MR) is 61.8 cm³/mol. The Morgan fingerprint density at radius 1 is 1.11 bits per heavy atom. The van der Waals surface area contributed by atoms with Crippen LogP contribution in [-0.2, 0) is 25.7 Å². The van der Waals surface area contributed by atoms with Crippen LogP contribution in [0.2, 0.25) is 0 Å². The number of carbonyl (C=O) groups excluding carboxylic acids is 2. The number of hydrogen-bond acceptors (Lipinski definition) is 6. The van der Waals surface area contributed by atoms with Crippen molar-refractivity contribution < 1.29 is 23.8 Å². The lowest BCUT2D eigenvalue weighted by atomic mass is 10.3. The first-order valence-corrected chi connectivity index (χ1v) is 5.42. The van der Waals surface area contributed by atoms with Gasteiger partial charge in [0.05, 0.1) is 11.9 Å². The maximum atomic E-state index is 10.6. The lowest BCUT2D eigenvalue weighted by Crippen LogP contribution is -2.09. The van der Waals surface area contributed by atoms with E-state index >= 15 is 0 Å². The molecule has 6 nitrogen and oxygen atoms in total. The Morgan fingerprint density at radius 3 is 2.39 bits per heavy atom. The van der Waals surface area contributed by atoms with Crippen LogP contribution in [0.1, 0.15) is 19.5 Å². The summed E-state index contributed by atoms with van der Waals surface area (Å²) in [5, 5.41) is 0. The maximum absolute atomic E-state index is 10.6. The second kappa shape index (κ2) is 7.26. The molecule has 6 heteroatoms. The number of hydrogen-bond donors (Lipinski definition) is 0. The molecule has 0 bridgehead atoms. The highest BCUT2D eigenvalue weighted by atomic mass is 16.6. The van der Waals surface area contributed by atoms with E-state index in [0.717, 1.165) is 0 Å². The van der Waals surface area contributed by atoms with Crippen LogP contribution in [-0.4, -0.2) is 30.1 Å². The van der Waals surface area contributed by atoms with E-state index in [9.17, 15) is 9.59 Å². The minimum absolute atomic E-state index is 0.142. The van der Waals surface area contributed by atoms with Crippen molar-refractivity contribution in [3.05, 3.63) is 24.0 Å². The van der Waals surface area contributed by atoms with Gasteiger partial charge >= 0.3 is 11.9 Å². The van der Waals surface area contributed by atoms with E-state index in [2.05, 4.69) is 4.98 Å². The highest BCUT2D eigenvalue weighted by Crippen LogP contribution is 2.09. The van der Waals surface area contributed by atoms with Crippen LogP contribution in [0.25, 0.3) is 0 Å². The summed E-state index contributed by atoms with van der Waals surface area (Å²) in [6.07, 6.45) is 1.52. The number of nitrogens with zero attached hydrogens (tertiary/aromatic N) is 1. The van der Waals surface area contributed by atoms with Gasteiger partial charge in [0.2, 0.25) is 0 Å². The predicted octanol–water partition coefficient (Wildman–Crippen LogP) is 1.09. The molecule has 0 saturated carbocycles. The molecule has 0 N–H and O–H groups in total. The van der Waals surface area contributed by atoms with Gasteiger partial charge in [0, 0.05) is 13.8 Å². The molecule has 0 atom stereocenters. The van der Waals surface area contributed by atoms with Gasteiger partial charge in [-0.1, -0.05) is 0 Å². The Hall–Kier alpha value is -2.11. The van der Waals surface area contributed by atoms with Gasteiger partial charge in [0.25, 0.3) is 0 Å². The van der Waals surface area contributed by atoms with Crippen LogP contribution in [0, 0.1) is 0 Å². The summed E-state index contributed by atoms with van der Waals surface area (Å²) in [5.74, 6) is -0.124. The third kappa shape index (κ3) is 5.83. The van der Waals surface area contributed by atoms with Crippen molar-refractivity contribution in [2.75, 3.05) is 13.2 Å². The van der Waals surface area contributed by atoms with Crippen molar-refractivity contribution >= 4 is 11.9 Å². The number of aromatic nitrogens is 1. The van der Waals surface area contributed by atoms with Gasteiger partial charge in [-0.25, -0.2) is 0 Å². The van der Waals surface area contributed by atoms with Crippen LogP contribution >= 0.6 is 0 Å². The lowest BCUT2D eigenvalue weighted by Gasteiger charge is -2.06. The van der Waals surface area contributed by atoms with Gasteiger partial charge in [0.1, 0.15) is 25.6 Å². The fraction of sp³-hybridized carbons (Fsp3) is 0.417. The summed E-state index contributed by atoms with van der Waals surface area (Å²) >= 11 is 0. The molecule has 0 aliphatic heterocycles. The van der Waals surface area contributed by atoms with E-state index in [-0.39, 0.29) is 31.8 Å². The van der Waals surface area contributed by atoms with Crippen molar-refractivity contribution in [3.63, 3.8) is 0 Å². The molecule has 1 rings (SSSR count). The Kier molecular flexibility index (Phi) is 5.63. The Balaban J connectivity index is 2.31. The average Bonchev–Trinajstić information content (AvgIpc) is 2.33. The normalized spacial score (nSPS) is 9.67. The Morgan fingerprint density at radius 2 is 1.83 bits per heavy atom. The highest BCUT2D eigenvalue weighted by molar-refractivity contribution is 5.66. The third-order valence-corrected chi connectivity index (χ3v) is 1.88. The Labute approximate surface area is 105 Å². The number of pyridine rings is 1. The second-order valence-corrected chi connectivity index (χ2v) is 3.45. The summed E-state index contributed by atoms with van der Waals surface area (Å²) < 4.78 is 14.8. The van der Waals surface area contributed by atoms with Gasteiger partial charge in [-0.15, -0.1) is 0 Å². The Bertz CT molecular complexity index is 401. The molecule has 1 heterocycles. The molecular formula is C12H15NO5. The summed E-state index contributed by atoms with van der Waals surface area (Å²) in [7, 11) is 0. The molecule has 98 valence electrons. The van der Waals surface area contributed by atoms with Crippen LogP contribution in [0.15, 0.2) is 18.3 Å². The third-order valence-electron chi connectivity index (χ3n) is 1.88. The summed E-state index contributed by atoms with van der Waals surface area (Å²) in [4.78, 5) is 25.1. The van der Waals surface area contributed by atoms with Crippen molar-refractivity contribution in [2.24, 2.45) is 0 Å². The topological polar surface area (TPSA) is 74.7 Å². The minimum atomic E-state index is -0.349. The van der Waals surface area contributed by atoms with Crippen LogP contribution in [0.3, 0.4) is 0 Å². The van der Waals surface area contributed by atoms with E-state index in [1.54, 1.807) is 12.1 Å². The van der Waals surface area contributed by atoms with Gasteiger partial charge in [-0.05, 0) is 12.1 Å². The van der Waals surface area contributed by atoms with E-state index in [0.29, 0.717) is 11.4 Å². The molecule has 1 aromatic rings. The molecule has 18 heavy (non-hydrogen) atoms. The van der Waals surface area contributed by atoms with Crippen LogP contribution < -0.4 is 4.74 Å². The maximum Gasteiger partial charge on any atom is 0.303 e. The molecule has 0 aliphatic rings. The first kappa shape index (κ1) is 14.0. The van der Waals surface area contributed by atoms with Crippen molar-refractivity contribution in [1.82, 2.24) is 4.98 Å². The van der Waals surface area contributed by atoms with Gasteiger partial charge < -0.3 is 14.2 Å². The zero-order valence-electron chi connectivity index (χ0n) is 10.3. The molecule has 0 fully saturated rings. The fourth-order valence-electron chi connectivity index (χ4n) is 1.10. The molecule has 0 aliphatic carbocycles. The summed E-state index contributed by atoms with van der Waals surface area (Å²) in [5.41, 5.74) is 0.637. The van der Waals surface area contributed by atoms with Gasteiger partial charge in [-0.2, -0.15) is 0 Å². The minimum Gasteiger partial charge on any atom is -0.488 e. The molecule has 1 aromatic heterocycles. The SMILES string of the molecule is CC(=O)OCCOc1ccc(COC(C)=O)nc1. The van der Waals surface area contributed by atoms with Crippen molar-refractivity contribution in [2.45, 2.75) is 20.5 Å². The smallest absolute Gasteiger partial charge is 0.303 e. The van der Waals surface area contributed by atoms with Gasteiger partial charge in [-0.3, -0.25) is 14.6 Å². The summed E-state index contributed by atoms with van der Waals surface area (Å²) in [6, 6.07) is 3.41. The molecule has 0 saturated heterocycles. The molecule has 0 aromatic carbocycles. The largest absolute Gasteiger partial charge is 0.488 e. The lowest BCUT2D eigenvalue weighted by molar-refractivity contribution is -0.143. The number of ether oxygens (including phenoxy) is 3. The van der Waals surface area contributed by atoms with E-state index in [1.165, 1.54) is 20.0 Å². The van der Waals surface area contributed by atoms with Crippen molar-refractivity contribution in [1.29, 1.82) is 0 Å². The summed E-state index contributed by atoms with van der Waals surface area (Å²) in [6.45, 7) is 3.29. The second-order valence-electron chi connectivity index (χ2n) is 3.45. The van der Waals surface area contributed by atoms with E-state index < -0.39 is 0 Å². The van der Waals surface area contributed by atoms with E-state index in [4.69, 9.17) is 14.2 Å². The highest BCUT2D eigenvalue weighted by Gasteiger charge is 2.00. The first-order valence-electron chi connectivity index (χ1n) is 5.42. The van der Waals surface area contributed by atoms with Crippen LogP contribution in [0.5, 0.6) is 5.75 Å². The quantitative estimate of drug-likeness (QED) is 0.558. The number of carbonyl (C=O) groups is 2. The fourth-order valence-corrected chi connectivity index (χ4v) is 1.10. The first-order chi connectivity index (χ1) is 8.58. The molecule has 0 amide bonds. The zero-order chi connectivity index (χ0) is 13.4. The van der Waals surface area contributed by atoms with Crippen LogP contribution in [0.4, 0.5) is 0 Å². The molecular weight excluding hydrogens is 238 g/mol. The van der Waals surface area contributed by atoms with Gasteiger partial charge in [0.15, 0.2) is 0 Å². The molecule has 0 unspecified atom stereocenters. The number of esters is 2. The standard InChI is InChI=1S/C12H15NO5/c1-9(14)16-5-6-17-12-4-3-11(13-7-12)8-18-10(2)15/h3-4,7H,5-6,8H2,1-2H3. The molecule has 0 radical (unpaired) electrons. The zero-order valence-corrected chi connectivity index (χ0v) is 10.3.